The topological polar surface area (TPSA) is 59.8 Å². The van der Waals surface area contributed by atoms with Crippen LogP contribution in [0.25, 0.3) is 0 Å². The van der Waals surface area contributed by atoms with Crippen molar-refractivity contribution in [2.75, 3.05) is 11.1 Å². The van der Waals surface area contributed by atoms with Crippen LogP contribution in [0.2, 0.25) is 5.02 Å². The van der Waals surface area contributed by atoms with Gasteiger partial charge in [0.05, 0.1) is 11.5 Å². The highest BCUT2D eigenvalue weighted by molar-refractivity contribution is 7.99. The van der Waals surface area contributed by atoms with E-state index in [1.54, 1.807) is 17.8 Å². The van der Waals surface area contributed by atoms with Crippen LogP contribution >= 0.6 is 35.1 Å². The van der Waals surface area contributed by atoms with E-state index in [2.05, 4.69) is 22.1 Å². The molecule has 0 aliphatic heterocycles. The number of nitrogens with one attached hydrogen (secondary N) is 1. The number of anilines is 1. The van der Waals surface area contributed by atoms with Crippen molar-refractivity contribution in [1.82, 2.24) is 14.8 Å². The van der Waals surface area contributed by atoms with Crippen LogP contribution in [-0.2, 0) is 22.8 Å². The molecule has 0 saturated carbocycles. The van der Waals surface area contributed by atoms with E-state index in [1.807, 2.05) is 59.2 Å². The number of allylic oxidation sites excluding steroid dienone is 1. The van der Waals surface area contributed by atoms with Gasteiger partial charge in [-0.2, -0.15) is 0 Å². The smallest absolute Gasteiger partial charge is 0.234 e. The number of aromatic nitrogens is 3. The Hall–Kier alpha value is -2.22. The van der Waals surface area contributed by atoms with E-state index in [9.17, 15) is 4.79 Å². The van der Waals surface area contributed by atoms with Crippen LogP contribution in [0.15, 0.2) is 72.4 Å². The first-order valence-corrected chi connectivity index (χ1v) is 11.5. The Kier molecular flexibility index (Phi) is 8.22. The Bertz CT molecular complexity index is 962. The molecule has 0 radical (unpaired) electrons. The molecule has 0 fully saturated rings. The largest absolute Gasteiger partial charge is 0.325 e. The summed E-state index contributed by atoms with van der Waals surface area (Å²) >= 11 is 9.31. The van der Waals surface area contributed by atoms with Crippen LogP contribution in [0.3, 0.4) is 0 Å². The third-order valence-corrected chi connectivity index (χ3v) is 6.25. The molecule has 1 amide bonds. The Morgan fingerprint density at radius 3 is 2.62 bits per heavy atom. The SMILES string of the molecule is C=CCn1c(CSCc2ccccc2Cl)nnc1SCC(=O)Nc1ccccc1. The monoisotopic (exact) mass is 444 g/mol. The molecule has 150 valence electrons. The number of halogens is 1. The maximum atomic E-state index is 12.2. The highest BCUT2D eigenvalue weighted by Gasteiger charge is 2.14. The number of para-hydroxylation sites is 1. The summed E-state index contributed by atoms with van der Waals surface area (Å²) in [6.45, 7) is 4.41. The maximum Gasteiger partial charge on any atom is 0.234 e. The van der Waals surface area contributed by atoms with Gasteiger partial charge in [-0.1, -0.05) is 65.8 Å². The molecule has 3 rings (SSSR count). The fourth-order valence-electron chi connectivity index (χ4n) is 2.56. The molecule has 0 spiro atoms. The summed E-state index contributed by atoms with van der Waals surface area (Å²) in [5.41, 5.74) is 1.88. The van der Waals surface area contributed by atoms with Gasteiger partial charge in [0.1, 0.15) is 5.82 Å². The van der Waals surface area contributed by atoms with E-state index >= 15 is 0 Å². The molecule has 0 unspecified atom stereocenters. The van der Waals surface area contributed by atoms with Gasteiger partial charge in [-0.15, -0.1) is 28.5 Å². The number of amides is 1. The van der Waals surface area contributed by atoms with E-state index in [-0.39, 0.29) is 11.7 Å². The number of nitrogens with zero attached hydrogens (tertiary/aromatic N) is 3. The Morgan fingerprint density at radius 1 is 1.10 bits per heavy atom. The molecule has 0 atom stereocenters. The number of benzene rings is 2. The molecule has 3 aromatic rings. The van der Waals surface area contributed by atoms with Gasteiger partial charge < -0.3 is 9.88 Å². The summed E-state index contributed by atoms with van der Waals surface area (Å²) < 4.78 is 1.99. The van der Waals surface area contributed by atoms with Crippen molar-refractivity contribution in [3.05, 3.63) is 83.7 Å². The summed E-state index contributed by atoms with van der Waals surface area (Å²) in [5.74, 6) is 2.53. The summed E-state index contributed by atoms with van der Waals surface area (Å²) in [6, 6.07) is 17.2. The van der Waals surface area contributed by atoms with E-state index in [0.717, 1.165) is 27.9 Å². The molecular formula is C21H21ClN4OS2. The summed E-state index contributed by atoms with van der Waals surface area (Å²) in [7, 11) is 0. The van der Waals surface area contributed by atoms with Crippen LogP contribution in [0.4, 0.5) is 5.69 Å². The molecule has 0 aliphatic rings. The van der Waals surface area contributed by atoms with Crippen LogP contribution in [0.5, 0.6) is 0 Å². The molecule has 1 N–H and O–H groups in total. The molecular weight excluding hydrogens is 424 g/mol. The van der Waals surface area contributed by atoms with Gasteiger partial charge in [-0.3, -0.25) is 4.79 Å². The number of hydrogen-bond acceptors (Lipinski definition) is 5. The van der Waals surface area contributed by atoms with Gasteiger partial charge in [-0.05, 0) is 23.8 Å². The second-order valence-electron chi connectivity index (χ2n) is 6.09. The zero-order valence-electron chi connectivity index (χ0n) is 15.8. The summed E-state index contributed by atoms with van der Waals surface area (Å²) in [5, 5.41) is 12.9. The van der Waals surface area contributed by atoms with Gasteiger partial charge in [-0.25, -0.2) is 0 Å². The standard InChI is InChI=1S/C21H21ClN4OS2/c1-2-12-26-19(14-28-13-16-8-6-7-11-18(16)22)24-25-21(26)29-15-20(27)23-17-9-4-3-5-10-17/h2-11H,1,12-15H2,(H,23,27). The summed E-state index contributed by atoms with van der Waals surface area (Å²) in [6.07, 6.45) is 1.81. The van der Waals surface area contributed by atoms with E-state index in [0.29, 0.717) is 17.5 Å². The molecule has 2 aromatic carbocycles. The van der Waals surface area contributed by atoms with Crippen LogP contribution < -0.4 is 5.32 Å². The molecule has 29 heavy (non-hydrogen) atoms. The first-order chi connectivity index (χ1) is 14.2. The number of rotatable bonds is 10. The second-order valence-corrected chi connectivity index (χ2v) is 8.42. The molecule has 0 bridgehead atoms. The Morgan fingerprint density at radius 2 is 1.86 bits per heavy atom. The number of carbonyl (C=O) groups excluding carboxylic acids is 1. The Labute approximate surface area is 183 Å². The lowest BCUT2D eigenvalue weighted by molar-refractivity contribution is -0.113. The lowest BCUT2D eigenvalue weighted by Gasteiger charge is -2.08. The van der Waals surface area contributed by atoms with E-state index < -0.39 is 0 Å². The fraction of sp³-hybridized carbons (Fsp3) is 0.190. The fourth-order valence-corrected chi connectivity index (χ4v) is 4.58. The lowest BCUT2D eigenvalue weighted by Crippen LogP contribution is -2.14. The molecule has 1 aromatic heterocycles. The van der Waals surface area contributed by atoms with Gasteiger partial charge in [0, 0.05) is 23.0 Å². The first kappa shape index (κ1) is 21.5. The third kappa shape index (κ3) is 6.39. The first-order valence-electron chi connectivity index (χ1n) is 8.99. The summed E-state index contributed by atoms with van der Waals surface area (Å²) in [4.78, 5) is 12.2. The maximum absolute atomic E-state index is 12.2. The van der Waals surface area contributed by atoms with Crippen molar-refractivity contribution in [1.29, 1.82) is 0 Å². The predicted octanol–water partition coefficient (Wildman–Crippen LogP) is 5.28. The molecule has 8 heteroatoms. The molecule has 5 nitrogen and oxygen atoms in total. The van der Waals surface area contributed by atoms with Gasteiger partial charge in [0.15, 0.2) is 5.16 Å². The lowest BCUT2D eigenvalue weighted by atomic mass is 10.2. The van der Waals surface area contributed by atoms with E-state index in [4.69, 9.17) is 11.6 Å². The molecule has 0 saturated heterocycles. The third-order valence-electron chi connectivity index (χ3n) is 3.94. The number of carbonyl (C=O) groups is 1. The van der Waals surface area contributed by atoms with Crippen molar-refractivity contribution in [2.45, 2.75) is 23.2 Å². The zero-order chi connectivity index (χ0) is 20.5. The quantitative estimate of drug-likeness (QED) is 0.340. The van der Waals surface area contributed by atoms with Crippen LogP contribution in [0.1, 0.15) is 11.4 Å². The Balaban J connectivity index is 1.57. The number of thioether (sulfide) groups is 2. The minimum Gasteiger partial charge on any atom is -0.325 e. The highest BCUT2D eigenvalue weighted by Crippen LogP contribution is 2.25. The van der Waals surface area contributed by atoms with Crippen LogP contribution in [0, 0.1) is 0 Å². The number of hydrogen-bond donors (Lipinski definition) is 1. The van der Waals surface area contributed by atoms with Gasteiger partial charge >= 0.3 is 0 Å². The van der Waals surface area contributed by atoms with E-state index in [1.165, 1.54) is 11.8 Å². The zero-order valence-corrected chi connectivity index (χ0v) is 18.1. The minimum atomic E-state index is -0.0796. The van der Waals surface area contributed by atoms with Gasteiger partial charge in [0.25, 0.3) is 0 Å². The van der Waals surface area contributed by atoms with Gasteiger partial charge in [0.2, 0.25) is 5.91 Å². The average molecular weight is 445 g/mol. The van der Waals surface area contributed by atoms with Crippen molar-refractivity contribution in [3.63, 3.8) is 0 Å². The minimum absolute atomic E-state index is 0.0796. The molecule has 0 aliphatic carbocycles. The van der Waals surface area contributed by atoms with Crippen molar-refractivity contribution >= 4 is 46.7 Å². The average Bonchev–Trinajstić information content (AvgIpc) is 3.11. The normalized spacial score (nSPS) is 10.7. The second kappa shape index (κ2) is 11.1. The van der Waals surface area contributed by atoms with Crippen LogP contribution in [-0.4, -0.2) is 26.4 Å². The van der Waals surface area contributed by atoms with Crippen molar-refractivity contribution < 1.29 is 4.79 Å². The molecule has 1 heterocycles. The highest BCUT2D eigenvalue weighted by atomic mass is 35.5. The van der Waals surface area contributed by atoms with Crippen molar-refractivity contribution in [2.24, 2.45) is 0 Å². The predicted molar refractivity (Wildman–Crippen MR) is 122 cm³/mol. The van der Waals surface area contributed by atoms with Crippen molar-refractivity contribution in [3.8, 4) is 0 Å².